The molecule has 0 bridgehead atoms. The number of aromatic nitrogens is 1. The van der Waals surface area contributed by atoms with Gasteiger partial charge in [-0.1, -0.05) is 24.3 Å². The molecule has 2 heterocycles. The first kappa shape index (κ1) is 28.7. The number of halogens is 2. The molecule has 5 rings (SSSR count). The first-order valence-corrected chi connectivity index (χ1v) is 14.6. The summed E-state index contributed by atoms with van der Waals surface area (Å²) in [5, 5.41) is 22.6. The summed E-state index contributed by atoms with van der Waals surface area (Å²) in [6.07, 6.45) is 9.45. The van der Waals surface area contributed by atoms with Crippen molar-refractivity contribution in [2.75, 3.05) is 26.2 Å². The summed E-state index contributed by atoms with van der Waals surface area (Å²) >= 11 is 0. The van der Waals surface area contributed by atoms with Crippen LogP contribution in [0.5, 0.6) is 0 Å². The molecule has 2 fully saturated rings. The number of nitrogens with zero attached hydrogens (tertiary/aromatic N) is 1. The zero-order valence-corrected chi connectivity index (χ0v) is 23.2. The van der Waals surface area contributed by atoms with E-state index in [0.717, 1.165) is 51.3 Å². The predicted molar refractivity (Wildman–Crippen MR) is 154 cm³/mol. The number of β-amino-alcohol motifs (C(OH)–C–C–N with tert-alkyl or cyclic N) is 1. The van der Waals surface area contributed by atoms with Gasteiger partial charge in [-0.05, 0) is 98.2 Å². The molecule has 3 N–H and O–H groups in total. The SMILES string of the molecule is Cc1cccc2c(C3CCN(CC(O)C4CCC(CC(=O)/C=C/c5cc(F)cc(F)c5)CC4)CC3CO)c[nH]c12. The van der Waals surface area contributed by atoms with Crippen LogP contribution in [-0.4, -0.2) is 58.2 Å². The van der Waals surface area contributed by atoms with Crippen LogP contribution in [0.25, 0.3) is 17.0 Å². The molecule has 0 amide bonds. The molecule has 1 aliphatic heterocycles. The zero-order chi connectivity index (χ0) is 28.2. The normalized spacial score (nSPS) is 25.0. The van der Waals surface area contributed by atoms with E-state index in [0.29, 0.717) is 18.5 Å². The number of carbonyl (C=O) groups is 1. The van der Waals surface area contributed by atoms with Crippen LogP contribution < -0.4 is 0 Å². The molecule has 1 aliphatic carbocycles. The number of aromatic amines is 1. The summed E-state index contributed by atoms with van der Waals surface area (Å²) in [4.78, 5) is 18.2. The van der Waals surface area contributed by atoms with Gasteiger partial charge in [0.2, 0.25) is 0 Å². The fraction of sp³-hybridized carbons (Fsp3) is 0.485. The number of aliphatic hydroxyl groups excluding tert-OH is 2. The quantitative estimate of drug-likeness (QED) is 0.286. The van der Waals surface area contributed by atoms with Gasteiger partial charge in [-0.2, -0.15) is 0 Å². The molecule has 2 aliphatic rings. The molecule has 1 saturated heterocycles. The van der Waals surface area contributed by atoms with E-state index >= 15 is 0 Å². The maximum Gasteiger partial charge on any atom is 0.155 e. The monoisotopic (exact) mass is 550 g/mol. The number of rotatable bonds is 9. The van der Waals surface area contributed by atoms with Crippen molar-refractivity contribution in [3.63, 3.8) is 0 Å². The fourth-order valence-electron chi connectivity index (χ4n) is 6.91. The second kappa shape index (κ2) is 12.8. The van der Waals surface area contributed by atoms with Crippen LogP contribution in [0.4, 0.5) is 8.78 Å². The lowest BCUT2D eigenvalue weighted by molar-refractivity contribution is -0.115. The van der Waals surface area contributed by atoms with Crippen LogP contribution in [0.1, 0.15) is 61.1 Å². The Morgan fingerprint density at radius 2 is 1.88 bits per heavy atom. The number of likely N-dealkylation sites (tertiary alicyclic amines) is 1. The summed E-state index contributed by atoms with van der Waals surface area (Å²) < 4.78 is 26.7. The number of allylic oxidation sites excluding steroid dienone is 1. The largest absolute Gasteiger partial charge is 0.396 e. The average Bonchev–Trinajstić information content (AvgIpc) is 3.37. The van der Waals surface area contributed by atoms with Crippen LogP contribution in [0, 0.1) is 36.3 Å². The van der Waals surface area contributed by atoms with E-state index in [1.54, 1.807) is 0 Å². The fourth-order valence-corrected chi connectivity index (χ4v) is 6.91. The van der Waals surface area contributed by atoms with Gasteiger partial charge in [0, 0.05) is 55.2 Å². The highest BCUT2D eigenvalue weighted by atomic mass is 19.1. The molecular formula is C33H40F2N2O3. The molecule has 3 atom stereocenters. The minimum atomic E-state index is -0.662. The molecule has 40 heavy (non-hydrogen) atoms. The zero-order valence-electron chi connectivity index (χ0n) is 23.2. The van der Waals surface area contributed by atoms with Gasteiger partial charge in [0.1, 0.15) is 11.6 Å². The highest BCUT2D eigenvalue weighted by Crippen LogP contribution is 2.38. The van der Waals surface area contributed by atoms with E-state index in [9.17, 15) is 23.8 Å². The molecule has 7 heteroatoms. The number of fused-ring (bicyclic) bond motifs is 1. The Labute approximate surface area is 234 Å². The average molecular weight is 551 g/mol. The summed E-state index contributed by atoms with van der Waals surface area (Å²) in [6.45, 7) is 4.50. The topological polar surface area (TPSA) is 76.6 Å². The number of nitrogens with one attached hydrogen (secondary N) is 1. The molecule has 214 valence electrons. The minimum absolute atomic E-state index is 0.0445. The van der Waals surface area contributed by atoms with Crippen LogP contribution in [-0.2, 0) is 4.79 Å². The third-order valence-corrected chi connectivity index (χ3v) is 9.13. The van der Waals surface area contributed by atoms with Gasteiger partial charge in [0.15, 0.2) is 5.78 Å². The molecule has 0 radical (unpaired) electrons. The number of piperidine rings is 1. The van der Waals surface area contributed by atoms with Crippen molar-refractivity contribution in [1.82, 2.24) is 9.88 Å². The Balaban J connectivity index is 1.09. The molecule has 2 aromatic carbocycles. The maximum atomic E-state index is 13.4. The van der Waals surface area contributed by atoms with Crippen LogP contribution in [0.15, 0.2) is 48.7 Å². The van der Waals surface area contributed by atoms with Gasteiger partial charge in [0.05, 0.1) is 6.10 Å². The van der Waals surface area contributed by atoms with E-state index in [-0.39, 0.29) is 36.1 Å². The van der Waals surface area contributed by atoms with Gasteiger partial charge in [-0.25, -0.2) is 8.78 Å². The van der Waals surface area contributed by atoms with E-state index in [4.69, 9.17) is 0 Å². The highest BCUT2D eigenvalue weighted by Gasteiger charge is 2.34. The van der Waals surface area contributed by atoms with Crippen molar-refractivity contribution in [2.24, 2.45) is 17.8 Å². The van der Waals surface area contributed by atoms with Gasteiger partial charge in [-0.15, -0.1) is 0 Å². The summed E-state index contributed by atoms with van der Waals surface area (Å²) in [5.74, 6) is -0.487. The van der Waals surface area contributed by atoms with Crippen LogP contribution in [0.2, 0.25) is 0 Å². The molecule has 0 spiro atoms. The smallest absolute Gasteiger partial charge is 0.155 e. The molecule has 1 aromatic heterocycles. The standard InChI is InChI=1S/C33H40F2N2O3/c1-21-3-2-4-30-31(17-36-33(21)30)29-11-12-37(18-25(29)20-38)19-32(40)24-8-5-22(6-9-24)15-28(39)10-7-23-13-26(34)16-27(35)14-23/h2-4,7,10,13-14,16-17,22,24-25,29,32,36,38,40H,5-6,8-9,11-12,15,18-20H2,1H3/b10-7+. The van der Waals surface area contributed by atoms with Crippen LogP contribution >= 0.6 is 0 Å². The first-order chi connectivity index (χ1) is 19.3. The summed E-state index contributed by atoms with van der Waals surface area (Å²) in [5.41, 5.74) is 4.01. The summed E-state index contributed by atoms with van der Waals surface area (Å²) in [6, 6.07) is 9.57. The predicted octanol–water partition coefficient (Wildman–Crippen LogP) is 5.99. The second-order valence-electron chi connectivity index (χ2n) is 11.9. The van der Waals surface area contributed by atoms with Gasteiger partial charge >= 0.3 is 0 Å². The number of hydrogen-bond acceptors (Lipinski definition) is 4. The van der Waals surface area contributed by atoms with E-state index in [1.165, 1.54) is 46.3 Å². The van der Waals surface area contributed by atoms with Crippen molar-refractivity contribution in [3.05, 3.63) is 77.0 Å². The highest BCUT2D eigenvalue weighted by molar-refractivity contribution is 5.93. The van der Waals surface area contributed by atoms with E-state index < -0.39 is 17.7 Å². The Kier molecular flexibility index (Phi) is 9.13. The Morgan fingerprint density at radius 1 is 1.12 bits per heavy atom. The first-order valence-electron chi connectivity index (χ1n) is 14.6. The molecule has 5 nitrogen and oxygen atoms in total. The lowest BCUT2D eigenvalue weighted by atomic mass is 9.77. The molecular weight excluding hydrogens is 510 g/mol. The van der Waals surface area contributed by atoms with Gasteiger partial charge in [0.25, 0.3) is 0 Å². The molecule has 1 saturated carbocycles. The van der Waals surface area contributed by atoms with Gasteiger partial charge < -0.3 is 20.1 Å². The molecule has 3 aromatic rings. The van der Waals surface area contributed by atoms with Gasteiger partial charge in [-0.3, -0.25) is 4.79 Å². The van der Waals surface area contributed by atoms with Crippen molar-refractivity contribution < 1.29 is 23.8 Å². The van der Waals surface area contributed by atoms with E-state index in [1.807, 2.05) is 0 Å². The maximum absolute atomic E-state index is 13.4. The number of hydrogen-bond donors (Lipinski definition) is 3. The molecule has 3 unspecified atom stereocenters. The Hall–Kier alpha value is -2.87. The second-order valence-corrected chi connectivity index (χ2v) is 11.9. The Bertz CT molecular complexity index is 1320. The van der Waals surface area contributed by atoms with Crippen molar-refractivity contribution in [1.29, 1.82) is 0 Å². The third kappa shape index (κ3) is 6.70. The Morgan fingerprint density at radius 3 is 2.60 bits per heavy atom. The van der Waals surface area contributed by atoms with Crippen molar-refractivity contribution >= 4 is 22.8 Å². The van der Waals surface area contributed by atoms with Crippen LogP contribution in [0.3, 0.4) is 0 Å². The third-order valence-electron chi connectivity index (χ3n) is 9.13. The number of H-pyrrole nitrogens is 1. The number of carbonyl (C=O) groups excluding carboxylic acids is 1. The van der Waals surface area contributed by atoms with E-state index in [2.05, 4.69) is 41.2 Å². The number of para-hydroxylation sites is 1. The number of benzene rings is 2. The summed E-state index contributed by atoms with van der Waals surface area (Å²) in [7, 11) is 0. The van der Waals surface area contributed by atoms with Crippen molar-refractivity contribution in [2.45, 2.75) is 57.5 Å². The number of aryl methyl sites for hydroxylation is 1. The number of ketones is 1. The van der Waals surface area contributed by atoms with Crippen molar-refractivity contribution in [3.8, 4) is 0 Å². The lowest BCUT2D eigenvalue weighted by Gasteiger charge is -2.40. The number of aliphatic hydroxyl groups is 2. The minimum Gasteiger partial charge on any atom is -0.396 e. The lowest BCUT2D eigenvalue weighted by Crippen LogP contribution is -2.46.